The summed E-state index contributed by atoms with van der Waals surface area (Å²) in [6.45, 7) is 3.22. The van der Waals surface area contributed by atoms with Crippen molar-refractivity contribution in [3.05, 3.63) is 77.2 Å². The van der Waals surface area contributed by atoms with Crippen LogP contribution in [0.25, 0.3) is 10.9 Å². The lowest BCUT2D eigenvalue weighted by Crippen LogP contribution is -2.13. The summed E-state index contributed by atoms with van der Waals surface area (Å²) in [5.41, 5.74) is 3.89. The van der Waals surface area contributed by atoms with Crippen LogP contribution in [0.1, 0.15) is 16.8 Å². The minimum Gasteiger partial charge on any atom is -0.309 e. The monoisotopic (exact) mass is 280 g/mol. The Morgan fingerprint density at radius 1 is 1.00 bits per heavy atom. The van der Waals surface area contributed by atoms with Crippen molar-refractivity contribution in [3.8, 4) is 0 Å². The van der Waals surface area contributed by atoms with Crippen LogP contribution in [0, 0.1) is 12.7 Å². The molecular formula is C18H17FN2. The van der Waals surface area contributed by atoms with Crippen LogP contribution in [0.4, 0.5) is 4.39 Å². The van der Waals surface area contributed by atoms with Crippen LogP contribution < -0.4 is 5.32 Å². The third-order valence-corrected chi connectivity index (χ3v) is 3.50. The van der Waals surface area contributed by atoms with Crippen LogP contribution in [0.5, 0.6) is 0 Å². The van der Waals surface area contributed by atoms with Crippen molar-refractivity contribution >= 4 is 10.9 Å². The zero-order valence-electron chi connectivity index (χ0n) is 11.9. The van der Waals surface area contributed by atoms with Crippen molar-refractivity contribution in [2.24, 2.45) is 0 Å². The van der Waals surface area contributed by atoms with Gasteiger partial charge in [0, 0.05) is 29.7 Å². The first-order chi connectivity index (χ1) is 10.2. The maximum absolute atomic E-state index is 13.5. The maximum Gasteiger partial charge on any atom is 0.127 e. The Balaban J connectivity index is 1.68. The van der Waals surface area contributed by atoms with Crippen LogP contribution in [0.3, 0.4) is 0 Å². The second-order valence-corrected chi connectivity index (χ2v) is 5.17. The summed E-state index contributed by atoms with van der Waals surface area (Å²) in [6.07, 6.45) is 0. The average Bonchev–Trinajstić information content (AvgIpc) is 2.49. The molecule has 0 aliphatic carbocycles. The molecule has 21 heavy (non-hydrogen) atoms. The number of nitrogens with zero attached hydrogens (tertiary/aromatic N) is 1. The number of hydrogen-bond donors (Lipinski definition) is 1. The number of fused-ring (bicyclic) bond motifs is 1. The van der Waals surface area contributed by atoms with Gasteiger partial charge in [-0.05, 0) is 36.8 Å². The zero-order chi connectivity index (χ0) is 14.7. The molecule has 2 aromatic carbocycles. The van der Waals surface area contributed by atoms with E-state index in [1.54, 1.807) is 12.1 Å². The fraction of sp³-hybridized carbons (Fsp3) is 0.167. The SMILES string of the molecule is Cc1ccc2cc(CNCc3ccccc3F)ccc2n1. The van der Waals surface area contributed by atoms with E-state index in [1.807, 2.05) is 25.1 Å². The number of rotatable bonds is 4. The van der Waals surface area contributed by atoms with Gasteiger partial charge >= 0.3 is 0 Å². The molecule has 3 heteroatoms. The zero-order valence-corrected chi connectivity index (χ0v) is 11.9. The Morgan fingerprint density at radius 3 is 2.71 bits per heavy atom. The van der Waals surface area contributed by atoms with E-state index in [2.05, 4.69) is 28.5 Å². The van der Waals surface area contributed by atoms with Gasteiger partial charge in [-0.1, -0.05) is 30.3 Å². The molecule has 0 aliphatic heterocycles. The number of hydrogen-bond acceptors (Lipinski definition) is 2. The third-order valence-electron chi connectivity index (χ3n) is 3.50. The van der Waals surface area contributed by atoms with Gasteiger partial charge in [0.1, 0.15) is 5.82 Å². The first kappa shape index (κ1) is 13.7. The molecule has 0 saturated heterocycles. The van der Waals surface area contributed by atoms with Crippen molar-refractivity contribution in [2.75, 3.05) is 0 Å². The minimum absolute atomic E-state index is 0.164. The van der Waals surface area contributed by atoms with Crippen LogP contribution in [0.15, 0.2) is 54.6 Å². The van der Waals surface area contributed by atoms with Crippen molar-refractivity contribution in [1.29, 1.82) is 0 Å². The highest BCUT2D eigenvalue weighted by Crippen LogP contribution is 2.15. The highest BCUT2D eigenvalue weighted by atomic mass is 19.1. The van der Waals surface area contributed by atoms with Gasteiger partial charge in [-0.2, -0.15) is 0 Å². The predicted molar refractivity (Wildman–Crippen MR) is 83.4 cm³/mol. The molecule has 0 atom stereocenters. The molecule has 1 heterocycles. The molecule has 106 valence electrons. The molecule has 0 fully saturated rings. The summed E-state index contributed by atoms with van der Waals surface area (Å²) in [7, 11) is 0. The van der Waals surface area contributed by atoms with E-state index >= 15 is 0 Å². The molecule has 2 nitrogen and oxygen atoms in total. The Labute approximate surface area is 123 Å². The molecule has 0 spiro atoms. The molecule has 0 amide bonds. The smallest absolute Gasteiger partial charge is 0.127 e. The summed E-state index contributed by atoms with van der Waals surface area (Å²) >= 11 is 0. The fourth-order valence-corrected chi connectivity index (χ4v) is 2.37. The summed E-state index contributed by atoms with van der Waals surface area (Å²) in [6, 6.07) is 17.1. The van der Waals surface area contributed by atoms with Crippen molar-refractivity contribution < 1.29 is 4.39 Å². The van der Waals surface area contributed by atoms with E-state index in [1.165, 1.54) is 11.6 Å². The predicted octanol–water partition coefficient (Wildman–Crippen LogP) is 3.97. The molecular weight excluding hydrogens is 263 g/mol. The van der Waals surface area contributed by atoms with E-state index in [0.29, 0.717) is 18.7 Å². The minimum atomic E-state index is -0.164. The van der Waals surface area contributed by atoms with Gasteiger partial charge < -0.3 is 5.32 Å². The quantitative estimate of drug-likeness (QED) is 0.782. The van der Waals surface area contributed by atoms with Gasteiger partial charge in [0.15, 0.2) is 0 Å². The van der Waals surface area contributed by atoms with E-state index < -0.39 is 0 Å². The van der Waals surface area contributed by atoms with Gasteiger partial charge in [-0.15, -0.1) is 0 Å². The van der Waals surface area contributed by atoms with E-state index in [-0.39, 0.29) is 5.82 Å². The largest absolute Gasteiger partial charge is 0.309 e. The number of aromatic nitrogens is 1. The molecule has 3 aromatic rings. The second kappa shape index (κ2) is 6.02. The number of pyridine rings is 1. The maximum atomic E-state index is 13.5. The van der Waals surface area contributed by atoms with Gasteiger partial charge in [0.2, 0.25) is 0 Å². The first-order valence-electron chi connectivity index (χ1n) is 7.03. The van der Waals surface area contributed by atoms with Crippen molar-refractivity contribution in [2.45, 2.75) is 20.0 Å². The number of benzene rings is 2. The van der Waals surface area contributed by atoms with Gasteiger partial charge in [0.25, 0.3) is 0 Å². The highest BCUT2D eigenvalue weighted by Gasteiger charge is 2.01. The third kappa shape index (κ3) is 3.26. The molecule has 0 radical (unpaired) electrons. The first-order valence-corrected chi connectivity index (χ1v) is 7.03. The van der Waals surface area contributed by atoms with Gasteiger partial charge in [-0.3, -0.25) is 4.98 Å². The fourth-order valence-electron chi connectivity index (χ4n) is 2.37. The lowest BCUT2D eigenvalue weighted by molar-refractivity contribution is 0.588. The van der Waals surface area contributed by atoms with Crippen LogP contribution in [-0.4, -0.2) is 4.98 Å². The Morgan fingerprint density at radius 2 is 1.86 bits per heavy atom. The molecule has 1 aromatic heterocycles. The topological polar surface area (TPSA) is 24.9 Å². The van der Waals surface area contributed by atoms with Crippen LogP contribution in [-0.2, 0) is 13.1 Å². The summed E-state index contributed by atoms with van der Waals surface area (Å²) in [5.74, 6) is -0.164. The van der Waals surface area contributed by atoms with Gasteiger partial charge in [-0.25, -0.2) is 4.39 Å². The summed E-state index contributed by atoms with van der Waals surface area (Å²) in [4.78, 5) is 4.49. The normalized spacial score (nSPS) is 11.0. The van der Waals surface area contributed by atoms with Gasteiger partial charge in [0.05, 0.1) is 5.52 Å². The molecule has 0 saturated carbocycles. The molecule has 0 unspecified atom stereocenters. The Bertz CT molecular complexity index is 768. The van der Waals surface area contributed by atoms with E-state index in [4.69, 9.17) is 0 Å². The highest BCUT2D eigenvalue weighted by molar-refractivity contribution is 5.79. The molecule has 0 bridgehead atoms. The number of nitrogens with one attached hydrogen (secondary N) is 1. The molecule has 0 aliphatic rings. The summed E-state index contributed by atoms with van der Waals surface area (Å²) in [5, 5.41) is 4.40. The number of halogens is 1. The van der Waals surface area contributed by atoms with Crippen molar-refractivity contribution in [3.63, 3.8) is 0 Å². The van der Waals surface area contributed by atoms with Crippen LogP contribution in [0.2, 0.25) is 0 Å². The average molecular weight is 280 g/mol. The van der Waals surface area contributed by atoms with Crippen molar-refractivity contribution in [1.82, 2.24) is 10.3 Å². The summed E-state index contributed by atoms with van der Waals surface area (Å²) < 4.78 is 13.5. The lowest BCUT2D eigenvalue weighted by Gasteiger charge is -2.07. The molecule has 3 rings (SSSR count). The van der Waals surface area contributed by atoms with E-state index in [0.717, 1.165) is 16.6 Å². The van der Waals surface area contributed by atoms with E-state index in [9.17, 15) is 4.39 Å². The second-order valence-electron chi connectivity index (χ2n) is 5.17. The number of aryl methyl sites for hydroxylation is 1. The standard InChI is InChI=1S/C18H17FN2/c1-13-6-8-15-10-14(7-9-18(15)21-13)11-20-12-16-4-2-3-5-17(16)19/h2-10,20H,11-12H2,1H3. The Kier molecular flexibility index (Phi) is 3.93. The van der Waals surface area contributed by atoms with Crippen LogP contribution >= 0.6 is 0 Å². The lowest BCUT2D eigenvalue weighted by atomic mass is 10.1. The Hall–Kier alpha value is -2.26. The molecule has 1 N–H and O–H groups in total.